The van der Waals surface area contributed by atoms with E-state index in [2.05, 4.69) is 15.3 Å². The van der Waals surface area contributed by atoms with Crippen molar-refractivity contribution < 1.29 is 4.39 Å². The van der Waals surface area contributed by atoms with E-state index >= 15 is 0 Å². The standard InChI is InChI=1S/C13H13ClFN3/c1-8-17-6-5-12(18-8)13(16-2)10-7-9(15)3-4-11(10)14/h3-7,13,16H,1-2H3. The molecule has 1 N–H and O–H groups in total. The summed E-state index contributed by atoms with van der Waals surface area (Å²) >= 11 is 6.11. The maximum absolute atomic E-state index is 13.3. The van der Waals surface area contributed by atoms with E-state index in [1.54, 1.807) is 25.4 Å². The fourth-order valence-electron chi connectivity index (χ4n) is 1.83. The minimum Gasteiger partial charge on any atom is -0.308 e. The fraction of sp³-hybridized carbons (Fsp3) is 0.231. The number of halogens is 2. The summed E-state index contributed by atoms with van der Waals surface area (Å²) in [6, 6.07) is 5.83. The number of aromatic nitrogens is 2. The van der Waals surface area contributed by atoms with Crippen molar-refractivity contribution in [2.75, 3.05) is 7.05 Å². The van der Waals surface area contributed by atoms with Crippen LogP contribution in [-0.4, -0.2) is 17.0 Å². The molecule has 0 aliphatic rings. The summed E-state index contributed by atoms with van der Waals surface area (Å²) in [5.74, 6) is 0.348. The number of nitrogens with one attached hydrogen (secondary N) is 1. The highest BCUT2D eigenvalue weighted by molar-refractivity contribution is 6.31. The Kier molecular flexibility index (Phi) is 3.89. The van der Waals surface area contributed by atoms with E-state index in [1.165, 1.54) is 12.1 Å². The van der Waals surface area contributed by atoms with Crippen molar-refractivity contribution in [3.05, 3.63) is 58.4 Å². The fourth-order valence-corrected chi connectivity index (χ4v) is 2.06. The van der Waals surface area contributed by atoms with Gasteiger partial charge in [-0.2, -0.15) is 0 Å². The SMILES string of the molecule is CNC(c1ccnc(C)n1)c1cc(F)ccc1Cl. The summed E-state index contributed by atoms with van der Waals surface area (Å²) in [4.78, 5) is 8.38. The highest BCUT2D eigenvalue weighted by Gasteiger charge is 2.17. The Labute approximate surface area is 110 Å². The quantitative estimate of drug-likeness (QED) is 0.927. The first kappa shape index (κ1) is 12.9. The molecule has 5 heteroatoms. The average Bonchev–Trinajstić information content (AvgIpc) is 2.35. The van der Waals surface area contributed by atoms with Gasteiger partial charge in [0.15, 0.2) is 0 Å². The molecule has 1 aromatic carbocycles. The van der Waals surface area contributed by atoms with Gasteiger partial charge in [-0.25, -0.2) is 14.4 Å². The topological polar surface area (TPSA) is 37.8 Å². The molecule has 0 aliphatic heterocycles. The van der Waals surface area contributed by atoms with E-state index in [1.807, 2.05) is 6.92 Å². The summed E-state index contributed by atoms with van der Waals surface area (Å²) in [6.45, 7) is 1.81. The van der Waals surface area contributed by atoms with Crippen LogP contribution in [0.2, 0.25) is 5.02 Å². The summed E-state index contributed by atoms with van der Waals surface area (Å²) in [5.41, 5.74) is 1.43. The van der Waals surface area contributed by atoms with Crippen molar-refractivity contribution in [1.82, 2.24) is 15.3 Å². The Morgan fingerprint density at radius 3 is 2.78 bits per heavy atom. The van der Waals surface area contributed by atoms with Crippen molar-refractivity contribution in [3.8, 4) is 0 Å². The molecule has 0 aliphatic carbocycles. The van der Waals surface area contributed by atoms with Crippen molar-refractivity contribution in [2.45, 2.75) is 13.0 Å². The van der Waals surface area contributed by atoms with Crippen LogP contribution < -0.4 is 5.32 Å². The maximum atomic E-state index is 13.3. The van der Waals surface area contributed by atoms with Gasteiger partial charge in [-0.05, 0) is 43.8 Å². The Bertz CT molecular complexity index is 560. The van der Waals surface area contributed by atoms with E-state index in [0.29, 0.717) is 16.4 Å². The zero-order chi connectivity index (χ0) is 13.1. The summed E-state index contributed by atoms with van der Waals surface area (Å²) in [7, 11) is 1.78. The Hall–Kier alpha value is -1.52. The second-order valence-corrected chi connectivity index (χ2v) is 4.32. The number of nitrogens with zero attached hydrogens (tertiary/aromatic N) is 2. The second-order valence-electron chi connectivity index (χ2n) is 3.92. The third-order valence-electron chi connectivity index (χ3n) is 2.65. The molecule has 2 rings (SSSR count). The van der Waals surface area contributed by atoms with E-state index in [0.717, 1.165) is 5.69 Å². The molecular weight excluding hydrogens is 253 g/mol. The second kappa shape index (κ2) is 5.42. The lowest BCUT2D eigenvalue weighted by Gasteiger charge is -2.17. The Balaban J connectivity index is 2.48. The molecule has 0 spiro atoms. The first-order chi connectivity index (χ1) is 8.61. The molecule has 1 unspecified atom stereocenters. The van der Waals surface area contributed by atoms with Gasteiger partial charge in [0.25, 0.3) is 0 Å². The van der Waals surface area contributed by atoms with Gasteiger partial charge in [-0.15, -0.1) is 0 Å². The van der Waals surface area contributed by atoms with Crippen LogP contribution in [0.3, 0.4) is 0 Å². The number of hydrogen-bond donors (Lipinski definition) is 1. The molecule has 0 bridgehead atoms. The monoisotopic (exact) mass is 265 g/mol. The largest absolute Gasteiger partial charge is 0.308 e. The third-order valence-corrected chi connectivity index (χ3v) is 3.00. The van der Waals surface area contributed by atoms with Gasteiger partial charge in [0.05, 0.1) is 11.7 Å². The van der Waals surface area contributed by atoms with Gasteiger partial charge in [-0.3, -0.25) is 0 Å². The molecule has 1 heterocycles. The van der Waals surface area contributed by atoms with Crippen LogP contribution in [0.1, 0.15) is 23.1 Å². The molecule has 1 atom stereocenters. The zero-order valence-electron chi connectivity index (χ0n) is 10.1. The molecule has 0 saturated heterocycles. The van der Waals surface area contributed by atoms with E-state index in [9.17, 15) is 4.39 Å². The minimum atomic E-state index is -0.319. The smallest absolute Gasteiger partial charge is 0.125 e. The van der Waals surface area contributed by atoms with Crippen LogP contribution in [-0.2, 0) is 0 Å². The average molecular weight is 266 g/mol. The van der Waals surface area contributed by atoms with Crippen LogP contribution in [0.5, 0.6) is 0 Å². The van der Waals surface area contributed by atoms with Crippen molar-refractivity contribution in [1.29, 1.82) is 0 Å². The van der Waals surface area contributed by atoms with Crippen LogP contribution >= 0.6 is 11.6 Å². The first-order valence-electron chi connectivity index (χ1n) is 5.53. The molecule has 0 radical (unpaired) electrons. The van der Waals surface area contributed by atoms with Crippen molar-refractivity contribution in [2.24, 2.45) is 0 Å². The lowest BCUT2D eigenvalue weighted by molar-refractivity contribution is 0.613. The molecular formula is C13H13ClFN3. The molecule has 18 heavy (non-hydrogen) atoms. The predicted molar refractivity (Wildman–Crippen MR) is 69.1 cm³/mol. The molecule has 3 nitrogen and oxygen atoms in total. The van der Waals surface area contributed by atoms with Crippen molar-refractivity contribution >= 4 is 11.6 Å². The molecule has 0 fully saturated rings. The Morgan fingerprint density at radius 1 is 1.33 bits per heavy atom. The molecule has 1 aromatic heterocycles. The molecule has 0 amide bonds. The number of rotatable bonds is 3. The van der Waals surface area contributed by atoms with E-state index in [4.69, 9.17) is 11.6 Å². The normalized spacial score (nSPS) is 12.4. The summed E-state index contributed by atoms with van der Waals surface area (Å²) < 4.78 is 13.3. The van der Waals surface area contributed by atoms with Gasteiger partial charge in [0, 0.05) is 11.2 Å². The van der Waals surface area contributed by atoms with Gasteiger partial charge in [0.2, 0.25) is 0 Å². The number of aryl methyl sites for hydroxylation is 1. The number of benzene rings is 1. The van der Waals surface area contributed by atoms with E-state index in [-0.39, 0.29) is 11.9 Å². The van der Waals surface area contributed by atoms with Crippen molar-refractivity contribution in [3.63, 3.8) is 0 Å². The predicted octanol–water partition coefficient (Wildman–Crippen LogP) is 2.89. The zero-order valence-corrected chi connectivity index (χ0v) is 10.9. The lowest BCUT2D eigenvalue weighted by Crippen LogP contribution is -2.20. The minimum absolute atomic E-state index is 0.255. The molecule has 94 valence electrons. The first-order valence-corrected chi connectivity index (χ1v) is 5.91. The summed E-state index contributed by atoms with van der Waals surface area (Å²) in [6.07, 6.45) is 1.68. The van der Waals surface area contributed by atoms with Gasteiger partial charge in [-0.1, -0.05) is 11.6 Å². The number of hydrogen-bond acceptors (Lipinski definition) is 3. The van der Waals surface area contributed by atoms with E-state index < -0.39 is 0 Å². The molecule has 0 saturated carbocycles. The van der Waals surface area contributed by atoms with Crippen LogP contribution in [0, 0.1) is 12.7 Å². The lowest BCUT2D eigenvalue weighted by atomic mass is 10.0. The third kappa shape index (κ3) is 2.66. The maximum Gasteiger partial charge on any atom is 0.125 e. The van der Waals surface area contributed by atoms with Crippen LogP contribution in [0.4, 0.5) is 4.39 Å². The highest BCUT2D eigenvalue weighted by Crippen LogP contribution is 2.27. The Morgan fingerprint density at radius 2 is 2.11 bits per heavy atom. The van der Waals surface area contributed by atoms with Crippen LogP contribution in [0.15, 0.2) is 30.5 Å². The molecule has 2 aromatic rings. The van der Waals surface area contributed by atoms with Gasteiger partial charge in [0.1, 0.15) is 11.6 Å². The highest BCUT2D eigenvalue weighted by atomic mass is 35.5. The van der Waals surface area contributed by atoms with Gasteiger partial charge >= 0.3 is 0 Å². The van der Waals surface area contributed by atoms with Gasteiger partial charge < -0.3 is 5.32 Å². The van der Waals surface area contributed by atoms with Crippen LogP contribution in [0.25, 0.3) is 0 Å². The summed E-state index contributed by atoms with van der Waals surface area (Å²) in [5, 5.41) is 3.60.